The number of carbonyl (C=O) groups excluding carboxylic acids is 3. The quantitative estimate of drug-likeness (QED) is 0.362. The van der Waals surface area contributed by atoms with Gasteiger partial charge in [0.05, 0.1) is 19.6 Å². The lowest BCUT2D eigenvalue weighted by molar-refractivity contribution is -0.183. The molecular formula is C16H19IO7. The minimum atomic E-state index is -1.94. The van der Waals surface area contributed by atoms with E-state index in [2.05, 4.69) is 27.3 Å². The van der Waals surface area contributed by atoms with Crippen LogP contribution in [0.1, 0.15) is 19.4 Å². The van der Waals surface area contributed by atoms with Crippen molar-refractivity contribution in [2.24, 2.45) is 0 Å². The van der Waals surface area contributed by atoms with Crippen LogP contribution in [0.25, 0.3) is 0 Å². The average molecular weight is 450 g/mol. The molecule has 24 heavy (non-hydrogen) atoms. The largest absolute Gasteiger partial charge is 0.464 e. The number of benzene rings is 1. The van der Waals surface area contributed by atoms with Crippen LogP contribution in [0.4, 0.5) is 0 Å². The summed E-state index contributed by atoms with van der Waals surface area (Å²) in [6, 6.07) is 7.15. The molecule has 7 nitrogen and oxygen atoms in total. The third kappa shape index (κ3) is 6.08. The monoisotopic (exact) mass is 450 g/mol. The van der Waals surface area contributed by atoms with Gasteiger partial charge >= 0.3 is 17.9 Å². The van der Waals surface area contributed by atoms with Crippen molar-refractivity contribution in [1.82, 2.24) is 0 Å². The van der Waals surface area contributed by atoms with E-state index in [1.165, 1.54) is 0 Å². The molecule has 0 bridgehead atoms. The summed E-state index contributed by atoms with van der Waals surface area (Å²) in [5, 5.41) is 9.92. The first-order valence-electron chi connectivity index (χ1n) is 7.34. The Labute approximate surface area is 153 Å². The zero-order chi connectivity index (χ0) is 18.1. The summed E-state index contributed by atoms with van der Waals surface area (Å²) in [5.74, 6) is -2.83. The fourth-order valence-corrected chi connectivity index (χ4v) is 2.38. The second-order valence-electron chi connectivity index (χ2n) is 4.63. The topological polar surface area (TPSA) is 99.1 Å². The molecule has 0 heterocycles. The maximum absolute atomic E-state index is 12.1. The fourth-order valence-electron chi connectivity index (χ4n) is 1.80. The highest BCUT2D eigenvalue weighted by atomic mass is 127. The first-order chi connectivity index (χ1) is 11.4. The molecule has 0 spiro atoms. The van der Waals surface area contributed by atoms with Gasteiger partial charge in [-0.1, -0.05) is 18.2 Å². The summed E-state index contributed by atoms with van der Waals surface area (Å²) in [5.41, 5.74) is 0.705. The molecule has 8 heteroatoms. The first kappa shape index (κ1) is 20.4. The molecule has 0 fully saturated rings. The number of aliphatic hydroxyl groups is 1. The minimum absolute atomic E-state index is 0.0129. The molecule has 0 aromatic heterocycles. The van der Waals surface area contributed by atoms with Crippen molar-refractivity contribution in [3.05, 3.63) is 33.4 Å². The number of carbonyl (C=O) groups is 3. The lowest BCUT2D eigenvalue weighted by atomic mass is 10.1. The van der Waals surface area contributed by atoms with E-state index in [9.17, 15) is 19.5 Å². The van der Waals surface area contributed by atoms with Crippen LogP contribution in [0.3, 0.4) is 0 Å². The number of rotatable bonds is 8. The molecule has 1 rings (SSSR count). The minimum Gasteiger partial charge on any atom is -0.464 e. The molecule has 1 aromatic carbocycles. The van der Waals surface area contributed by atoms with Crippen LogP contribution in [0.2, 0.25) is 0 Å². The van der Waals surface area contributed by atoms with Gasteiger partial charge in [0.1, 0.15) is 0 Å². The normalized spacial score (nSPS) is 12.8. The van der Waals surface area contributed by atoms with Gasteiger partial charge in [0.25, 0.3) is 0 Å². The summed E-state index contributed by atoms with van der Waals surface area (Å²) in [6.07, 6.45) is -3.81. The standard InChI is InChI=1S/C16H19IO7/c1-3-22-15(20)13(19)14(16(21)23-4-2)24-12(18)9-10-7-5-6-8-11(10)17/h5-8,13-14,19H,3-4,9H2,1-2H3/t13-,14?/m1/s1. The van der Waals surface area contributed by atoms with Gasteiger partial charge in [-0.15, -0.1) is 0 Å². The Morgan fingerprint density at radius 2 is 1.67 bits per heavy atom. The molecule has 0 aliphatic rings. The van der Waals surface area contributed by atoms with Gasteiger partial charge in [0.2, 0.25) is 6.10 Å². The Hall–Kier alpha value is -1.68. The summed E-state index contributed by atoms with van der Waals surface area (Å²) < 4.78 is 15.2. The number of ether oxygens (including phenoxy) is 3. The summed E-state index contributed by atoms with van der Waals surface area (Å²) in [7, 11) is 0. The van der Waals surface area contributed by atoms with Gasteiger partial charge in [-0.3, -0.25) is 4.79 Å². The van der Waals surface area contributed by atoms with Gasteiger partial charge in [-0.05, 0) is 48.1 Å². The van der Waals surface area contributed by atoms with Crippen molar-refractivity contribution in [3.63, 3.8) is 0 Å². The van der Waals surface area contributed by atoms with Crippen molar-refractivity contribution in [3.8, 4) is 0 Å². The van der Waals surface area contributed by atoms with E-state index in [4.69, 9.17) is 9.47 Å². The predicted molar refractivity (Wildman–Crippen MR) is 92.0 cm³/mol. The van der Waals surface area contributed by atoms with Crippen molar-refractivity contribution < 1.29 is 33.7 Å². The van der Waals surface area contributed by atoms with Crippen LogP contribution in [0.5, 0.6) is 0 Å². The van der Waals surface area contributed by atoms with E-state index in [1.54, 1.807) is 26.0 Å². The lowest BCUT2D eigenvalue weighted by Gasteiger charge is -2.20. The highest BCUT2D eigenvalue weighted by Gasteiger charge is 2.38. The Bertz CT molecular complexity index is 588. The van der Waals surface area contributed by atoms with E-state index in [1.807, 2.05) is 12.1 Å². The van der Waals surface area contributed by atoms with E-state index in [-0.39, 0.29) is 19.6 Å². The average Bonchev–Trinajstić information content (AvgIpc) is 2.54. The van der Waals surface area contributed by atoms with Gasteiger partial charge < -0.3 is 19.3 Å². The molecule has 0 aliphatic heterocycles. The molecule has 0 radical (unpaired) electrons. The van der Waals surface area contributed by atoms with Gasteiger partial charge in [0, 0.05) is 3.57 Å². The van der Waals surface area contributed by atoms with Gasteiger partial charge in [-0.2, -0.15) is 0 Å². The molecule has 1 aromatic rings. The fraction of sp³-hybridized carbons (Fsp3) is 0.438. The zero-order valence-corrected chi connectivity index (χ0v) is 15.5. The summed E-state index contributed by atoms with van der Waals surface area (Å²) >= 11 is 2.07. The smallest absolute Gasteiger partial charge is 0.350 e. The third-order valence-corrected chi connectivity index (χ3v) is 3.94. The summed E-state index contributed by atoms with van der Waals surface area (Å²) in [6.45, 7) is 3.13. The second-order valence-corrected chi connectivity index (χ2v) is 5.79. The molecule has 132 valence electrons. The highest BCUT2D eigenvalue weighted by molar-refractivity contribution is 14.1. The van der Waals surface area contributed by atoms with Crippen LogP contribution in [0.15, 0.2) is 24.3 Å². The number of halogens is 1. The SMILES string of the molecule is CCOC(=O)C(OC(=O)Cc1ccccc1I)[C@@H](O)C(=O)OCC. The van der Waals surface area contributed by atoms with Crippen LogP contribution in [-0.2, 0) is 35.0 Å². The van der Waals surface area contributed by atoms with E-state index < -0.39 is 30.1 Å². The zero-order valence-electron chi connectivity index (χ0n) is 13.4. The Kier molecular flexibility index (Phi) is 8.69. The van der Waals surface area contributed by atoms with Crippen molar-refractivity contribution in [2.75, 3.05) is 13.2 Å². The van der Waals surface area contributed by atoms with Crippen molar-refractivity contribution in [1.29, 1.82) is 0 Å². The molecule has 0 saturated heterocycles. The van der Waals surface area contributed by atoms with Gasteiger partial charge in [-0.25, -0.2) is 9.59 Å². The second kappa shape index (κ2) is 10.2. The Morgan fingerprint density at radius 3 is 2.25 bits per heavy atom. The molecule has 1 N–H and O–H groups in total. The molecule has 0 aliphatic carbocycles. The molecule has 2 atom stereocenters. The lowest BCUT2D eigenvalue weighted by Crippen LogP contribution is -2.45. The molecule has 0 saturated carbocycles. The van der Waals surface area contributed by atoms with Crippen LogP contribution in [-0.4, -0.2) is 48.4 Å². The van der Waals surface area contributed by atoms with Gasteiger partial charge in [0.15, 0.2) is 6.10 Å². The highest BCUT2D eigenvalue weighted by Crippen LogP contribution is 2.14. The Balaban J connectivity index is 2.83. The molecular weight excluding hydrogens is 431 g/mol. The Morgan fingerprint density at radius 1 is 1.08 bits per heavy atom. The molecule has 1 unspecified atom stereocenters. The maximum atomic E-state index is 12.1. The van der Waals surface area contributed by atoms with Crippen LogP contribution in [0, 0.1) is 3.57 Å². The van der Waals surface area contributed by atoms with E-state index in [0.29, 0.717) is 5.56 Å². The van der Waals surface area contributed by atoms with Crippen LogP contribution < -0.4 is 0 Å². The van der Waals surface area contributed by atoms with Crippen molar-refractivity contribution >= 4 is 40.5 Å². The number of esters is 3. The van der Waals surface area contributed by atoms with E-state index >= 15 is 0 Å². The predicted octanol–water partition coefficient (Wildman–Crippen LogP) is 1.23. The van der Waals surface area contributed by atoms with Crippen LogP contribution >= 0.6 is 22.6 Å². The first-order valence-corrected chi connectivity index (χ1v) is 8.42. The molecule has 0 amide bonds. The number of aliphatic hydroxyl groups excluding tert-OH is 1. The third-order valence-electron chi connectivity index (χ3n) is 2.88. The number of hydrogen-bond donors (Lipinski definition) is 1. The number of hydrogen-bond acceptors (Lipinski definition) is 7. The van der Waals surface area contributed by atoms with E-state index in [0.717, 1.165) is 3.57 Å². The summed E-state index contributed by atoms with van der Waals surface area (Å²) in [4.78, 5) is 35.6. The van der Waals surface area contributed by atoms with Crippen molar-refractivity contribution in [2.45, 2.75) is 32.5 Å². The maximum Gasteiger partial charge on any atom is 0.350 e.